The van der Waals surface area contributed by atoms with Crippen LogP contribution in [0.2, 0.25) is 0 Å². The fraction of sp³-hybridized carbons (Fsp3) is 0. The average molecular weight is 336 g/mol. The molecular formula is C13H10BrN3O3. The number of aromatic nitrogens is 1. The number of nitrogens with one attached hydrogen (secondary N) is 2. The van der Waals surface area contributed by atoms with Gasteiger partial charge in [0, 0.05) is 22.2 Å². The Hall–Kier alpha value is -2.41. The molecule has 0 aliphatic rings. The van der Waals surface area contributed by atoms with Crippen molar-refractivity contribution in [3.05, 3.63) is 69.6 Å². The van der Waals surface area contributed by atoms with E-state index in [0.29, 0.717) is 10.3 Å². The van der Waals surface area contributed by atoms with Crippen LogP contribution >= 0.6 is 15.9 Å². The van der Waals surface area contributed by atoms with Crippen molar-refractivity contribution in [2.45, 2.75) is 0 Å². The van der Waals surface area contributed by atoms with Crippen LogP contribution in [0.1, 0.15) is 20.7 Å². The van der Waals surface area contributed by atoms with Gasteiger partial charge < -0.3 is 5.21 Å². The number of carbonyl (C=O) groups is 2. The van der Waals surface area contributed by atoms with Crippen molar-refractivity contribution >= 4 is 27.7 Å². The minimum atomic E-state index is -0.504. The number of pyridine rings is 1. The maximum Gasteiger partial charge on any atom is 0.270 e. The standard InChI is InChI=1S/C13H10BrN3O3/c14-11-3-1-9(2-4-11)12(18)15-16-13(19)10-5-7-17(20)8-6-10/h1-8H,(H,15,18)(H,16,19). The summed E-state index contributed by atoms with van der Waals surface area (Å²) in [6.07, 6.45) is 2.40. The normalized spacial score (nSPS) is 9.85. The van der Waals surface area contributed by atoms with Crippen LogP contribution in [-0.2, 0) is 0 Å². The third-order valence-corrected chi connectivity index (χ3v) is 2.99. The SMILES string of the molecule is O=C(NNC(=O)c1cc[n+]([O-])cc1)c1ccc(Br)cc1. The van der Waals surface area contributed by atoms with Crippen LogP contribution in [0.5, 0.6) is 0 Å². The lowest BCUT2D eigenvalue weighted by atomic mass is 10.2. The van der Waals surface area contributed by atoms with Crippen LogP contribution in [0.25, 0.3) is 0 Å². The summed E-state index contributed by atoms with van der Waals surface area (Å²) in [6, 6.07) is 9.40. The molecule has 102 valence electrons. The van der Waals surface area contributed by atoms with Crippen molar-refractivity contribution < 1.29 is 14.3 Å². The van der Waals surface area contributed by atoms with Gasteiger partial charge in [0.15, 0.2) is 12.4 Å². The van der Waals surface area contributed by atoms with E-state index < -0.39 is 11.8 Å². The number of hydrogen-bond acceptors (Lipinski definition) is 3. The number of rotatable bonds is 2. The van der Waals surface area contributed by atoms with Crippen LogP contribution in [-0.4, -0.2) is 11.8 Å². The third kappa shape index (κ3) is 3.55. The zero-order valence-electron chi connectivity index (χ0n) is 10.2. The van der Waals surface area contributed by atoms with E-state index in [4.69, 9.17) is 0 Å². The van der Waals surface area contributed by atoms with E-state index in [2.05, 4.69) is 26.8 Å². The molecule has 1 heterocycles. The van der Waals surface area contributed by atoms with Crippen molar-refractivity contribution in [3.8, 4) is 0 Å². The molecule has 0 aliphatic carbocycles. The number of hydrogen-bond donors (Lipinski definition) is 2. The molecule has 1 aromatic carbocycles. The zero-order valence-corrected chi connectivity index (χ0v) is 11.8. The molecule has 0 saturated heterocycles. The first-order valence-electron chi connectivity index (χ1n) is 5.61. The molecule has 6 nitrogen and oxygen atoms in total. The minimum Gasteiger partial charge on any atom is -0.619 e. The molecule has 20 heavy (non-hydrogen) atoms. The van der Waals surface area contributed by atoms with Gasteiger partial charge in [0.05, 0.1) is 5.56 Å². The monoisotopic (exact) mass is 335 g/mol. The Bertz CT molecular complexity index is 569. The molecule has 0 fully saturated rings. The van der Waals surface area contributed by atoms with Gasteiger partial charge >= 0.3 is 0 Å². The fourth-order valence-electron chi connectivity index (χ4n) is 1.42. The number of halogens is 1. The van der Waals surface area contributed by atoms with Gasteiger partial charge in [0.2, 0.25) is 0 Å². The number of nitrogens with zero attached hydrogens (tertiary/aromatic N) is 1. The first kappa shape index (κ1) is 14.0. The van der Waals surface area contributed by atoms with Crippen molar-refractivity contribution in [2.75, 3.05) is 0 Å². The summed E-state index contributed by atoms with van der Waals surface area (Å²) in [5.74, 6) is -0.934. The summed E-state index contributed by atoms with van der Waals surface area (Å²) in [5.41, 5.74) is 5.25. The first-order valence-corrected chi connectivity index (χ1v) is 6.40. The fourth-order valence-corrected chi connectivity index (χ4v) is 1.69. The Labute approximate surface area is 123 Å². The highest BCUT2D eigenvalue weighted by atomic mass is 79.9. The largest absolute Gasteiger partial charge is 0.619 e. The highest BCUT2D eigenvalue weighted by molar-refractivity contribution is 9.10. The Morgan fingerprint density at radius 2 is 1.35 bits per heavy atom. The molecule has 2 N–H and O–H groups in total. The van der Waals surface area contributed by atoms with E-state index in [0.717, 1.165) is 4.47 Å². The highest BCUT2D eigenvalue weighted by Gasteiger charge is 2.09. The summed E-state index contributed by atoms with van der Waals surface area (Å²) in [6.45, 7) is 0. The van der Waals surface area contributed by atoms with Gasteiger partial charge in [-0.25, -0.2) is 0 Å². The van der Waals surface area contributed by atoms with Crippen molar-refractivity contribution in [3.63, 3.8) is 0 Å². The highest BCUT2D eigenvalue weighted by Crippen LogP contribution is 2.10. The summed E-state index contributed by atoms with van der Waals surface area (Å²) >= 11 is 3.26. The molecule has 2 amide bonds. The van der Waals surface area contributed by atoms with Crippen LogP contribution in [0, 0.1) is 5.21 Å². The van der Waals surface area contributed by atoms with Crippen molar-refractivity contribution in [1.29, 1.82) is 0 Å². The molecule has 2 rings (SSSR count). The molecule has 2 aromatic rings. The van der Waals surface area contributed by atoms with Crippen LogP contribution in [0.4, 0.5) is 0 Å². The molecule has 7 heteroatoms. The lowest BCUT2D eigenvalue weighted by Gasteiger charge is -2.07. The van der Waals surface area contributed by atoms with E-state index in [1.54, 1.807) is 24.3 Å². The number of benzene rings is 1. The summed E-state index contributed by atoms with van der Waals surface area (Å²) in [5, 5.41) is 10.8. The van der Waals surface area contributed by atoms with Crippen LogP contribution in [0.15, 0.2) is 53.3 Å². The van der Waals surface area contributed by atoms with Gasteiger partial charge in [-0.15, -0.1) is 0 Å². The van der Waals surface area contributed by atoms with Gasteiger partial charge in [-0.05, 0) is 24.3 Å². The van der Waals surface area contributed by atoms with Gasteiger partial charge in [-0.2, -0.15) is 4.73 Å². The topological polar surface area (TPSA) is 85.1 Å². The van der Waals surface area contributed by atoms with E-state index in [-0.39, 0.29) is 5.56 Å². The summed E-state index contributed by atoms with van der Waals surface area (Å²) in [4.78, 5) is 23.5. The molecule has 0 bridgehead atoms. The minimum absolute atomic E-state index is 0.271. The number of hydrazine groups is 1. The van der Waals surface area contributed by atoms with E-state index in [1.165, 1.54) is 24.5 Å². The molecule has 0 saturated carbocycles. The molecule has 0 unspecified atom stereocenters. The van der Waals surface area contributed by atoms with Crippen LogP contribution in [0.3, 0.4) is 0 Å². The molecule has 0 aliphatic heterocycles. The van der Waals surface area contributed by atoms with Crippen molar-refractivity contribution in [1.82, 2.24) is 10.9 Å². The number of amides is 2. The lowest BCUT2D eigenvalue weighted by Crippen LogP contribution is -2.41. The molecule has 0 spiro atoms. The maximum atomic E-state index is 11.8. The zero-order chi connectivity index (χ0) is 14.5. The Morgan fingerprint density at radius 1 is 0.900 bits per heavy atom. The smallest absolute Gasteiger partial charge is 0.270 e. The lowest BCUT2D eigenvalue weighted by molar-refractivity contribution is -0.605. The maximum absolute atomic E-state index is 11.8. The summed E-state index contributed by atoms with van der Waals surface area (Å²) < 4.78 is 1.42. The Kier molecular flexibility index (Phi) is 4.31. The van der Waals surface area contributed by atoms with Crippen molar-refractivity contribution in [2.24, 2.45) is 0 Å². The predicted molar refractivity (Wildman–Crippen MR) is 74.5 cm³/mol. The van der Waals surface area contributed by atoms with Gasteiger partial charge in [0.25, 0.3) is 11.8 Å². The Balaban J connectivity index is 1.94. The van der Waals surface area contributed by atoms with E-state index >= 15 is 0 Å². The molecule has 1 aromatic heterocycles. The second-order valence-electron chi connectivity index (χ2n) is 3.86. The third-order valence-electron chi connectivity index (χ3n) is 2.46. The van der Waals surface area contributed by atoms with Gasteiger partial charge in [-0.1, -0.05) is 15.9 Å². The predicted octanol–water partition coefficient (Wildman–Crippen LogP) is 1.16. The molecule has 0 radical (unpaired) electrons. The molecule has 0 atom stereocenters. The Morgan fingerprint density at radius 3 is 1.85 bits per heavy atom. The van der Waals surface area contributed by atoms with Crippen LogP contribution < -0.4 is 15.6 Å². The second kappa shape index (κ2) is 6.16. The molecular weight excluding hydrogens is 326 g/mol. The van der Waals surface area contributed by atoms with Gasteiger partial charge in [-0.3, -0.25) is 20.4 Å². The van der Waals surface area contributed by atoms with E-state index in [9.17, 15) is 14.8 Å². The summed E-state index contributed by atoms with van der Waals surface area (Å²) in [7, 11) is 0. The second-order valence-corrected chi connectivity index (χ2v) is 4.78. The first-order chi connectivity index (χ1) is 9.56. The van der Waals surface area contributed by atoms with Gasteiger partial charge in [0.1, 0.15) is 0 Å². The average Bonchev–Trinajstić information content (AvgIpc) is 2.46. The number of carbonyl (C=O) groups excluding carboxylic acids is 2. The van der Waals surface area contributed by atoms with E-state index in [1.807, 2.05) is 0 Å². The quantitative estimate of drug-likeness (QED) is 0.490.